The summed E-state index contributed by atoms with van der Waals surface area (Å²) in [5.74, 6) is -0.0536. The molecule has 1 saturated heterocycles. The molecule has 0 saturated carbocycles. The second-order valence-corrected chi connectivity index (χ2v) is 5.32. The van der Waals surface area contributed by atoms with Crippen molar-refractivity contribution < 1.29 is 15.0 Å². The molecular formula is C13H26N2O3. The third-order valence-electron chi connectivity index (χ3n) is 4.29. The molecule has 1 amide bonds. The smallest absolute Gasteiger partial charge is 0.228 e. The van der Waals surface area contributed by atoms with Crippen LogP contribution in [0.2, 0.25) is 0 Å². The van der Waals surface area contributed by atoms with Crippen LogP contribution in [-0.2, 0) is 4.79 Å². The van der Waals surface area contributed by atoms with Crippen molar-refractivity contribution in [1.29, 1.82) is 0 Å². The van der Waals surface area contributed by atoms with Gasteiger partial charge in [0.2, 0.25) is 5.91 Å². The summed E-state index contributed by atoms with van der Waals surface area (Å²) in [6, 6.07) is 0. The van der Waals surface area contributed by atoms with Crippen molar-refractivity contribution in [2.75, 3.05) is 26.3 Å². The van der Waals surface area contributed by atoms with Crippen molar-refractivity contribution in [2.45, 2.75) is 45.1 Å². The van der Waals surface area contributed by atoms with Crippen LogP contribution in [0.15, 0.2) is 0 Å². The Balaban J connectivity index is 2.78. The molecule has 5 heteroatoms. The zero-order valence-corrected chi connectivity index (χ0v) is 11.5. The number of aliphatic hydroxyl groups excluding tert-OH is 2. The van der Waals surface area contributed by atoms with E-state index in [1.165, 1.54) is 0 Å². The SMILES string of the molecule is CCC(CO)(CO)NC(=O)C1(CC)CCCNC1. The standard InChI is InChI=1S/C13H26N2O3/c1-3-12(6-5-7-14-8-12)11(18)15-13(4-2,9-16)10-17/h14,16-17H,3-10H2,1-2H3,(H,15,18). The number of hydrogen-bond donors (Lipinski definition) is 4. The Bertz CT molecular complexity index is 263. The van der Waals surface area contributed by atoms with Gasteiger partial charge >= 0.3 is 0 Å². The maximum Gasteiger partial charge on any atom is 0.228 e. The van der Waals surface area contributed by atoms with Gasteiger partial charge in [-0.05, 0) is 32.2 Å². The predicted molar refractivity (Wildman–Crippen MR) is 70.2 cm³/mol. The largest absolute Gasteiger partial charge is 0.394 e. The lowest BCUT2D eigenvalue weighted by molar-refractivity contribution is -0.136. The minimum atomic E-state index is -0.892. The topological polar surface area (TPSA) is 81.6 Å². The summed E-state index contributed by atoms with van der Waals surface area (Å²) >= 11 is 0. The number of rotatable bonds is 6. The molecule has 0 aromatic heterocycles. The van der Waals surface area contributed by atoms with Crippen molar-refractivity contribution in [3.05, 3.63) is 0 Å². The third-order valence-corrected chi connectivity index (χ3v) is 4.29. The van der Waals surface area contributed by atoms with Gasteiger partial charge in [-0.25, -0.2) is 0 Å². The van der Waals surface area contributed by atoms with Crippen LogP contribution in [0.5, 0.6) is 0 Å². The first-order valence-corrected chi connectivity index (χ1v) is 6.83. The molecule has 0 bridgehead atoms. The molecule has 0 aromatic carbocycles. The van der Waals surface area contributed by atoms with Crippen molar-refractivity contribution in [3.8, 4) is 0 Å². The molecule has 1 unspecified atom stereocenters. The predicted octanol–water partition coefficient (Wildman–Crippen LogP) is 0.0158. The maximum absolute atomic E-state index is 12.5. The summed E-state index contributed by atoms with van der Waals surface area (Å²) < 4.78 is 0. The molecule has 0 aromatic rings. The number of carbonyl (C=O) groups excluding carboxylic acids is 1. The van der Waals surface area contributed by atoms with Crippen molar-refractivity contribution in [1.82, 2.24) is 10.6 Å². The lowest BCUT2D eigenvalue weighted by Gasteiger charge is -2.39. The Morgan fingerprint density at radius 2 is 2.06 bits per heavy atom. The fraction of sp³-hybridized carbons (Fsp3) is 0.923. The second kappa shape index (κ2) is 6.50. The molecular weight excluding hydrogens is 232 g/mol. The Kier molecular flexibility index (Phi) is 5.56. The van der Waals surface area contributed by atoms with Crippen LogP contribution in [0.25, 0.3) is 0 Å². The molecule has 0 aliphatic carbocycles. The summed E-state index contributed by atoms with van der Waals surface area (Å²) in [6.07, 6.45) is 3.12. The van der Waals surface area contributed by atoms with Gasteiger partial charge in [0.25, 0.3) is 0 Å². The number of piperidine rings is 1. The highest BCUT2D eigenvalue weighted by atomic mass is 16.3. The van der Waals surface area contributed by atoms with E-state index in [1.54, 1.807) is 0 Å². The van der Waals surface area contributed by atoms with E-state index in [2.05, 4.69) is 10.6 Å². The van der Waals surface area contributed by atoms with Crippen LogP contribution < -0.4 is 10.6 Å². The Morgan fingerprint density at radius 1 is 1.39 bits per heavy atom. The van der Waals surface area contributed by atoms with E-state index in [9.17, 15) is 15.0 Å². The number of aliphatic hydroxyl groups is 2. The molecule has 1 rings (SSSR count). The van der Waals surface area contributed by atoms with Gasteiger partial charge in [0.05, 0.1) is 24.2 Å². The minimum Gasteiger partial charge on any atom is -0.394 e. The normalized spacial score (nSPS) is 24.9. The van der Waals surface area contributed by atoms with Crippen molar-refractivity contribution in [2.24, 2.45) is 5.41 Å². The van der Waals surface area contributed by atoms with Gasteiger partial charge in [0.1, 0.15) is 0 Å². The van der Waals surface area contributed by atoms with Crippen LogP contribution >= 0.6 is 0 Å². The summed E-state index contributed by atoms with van der Waals surface area (Å²) in [4.78, 5) is 12.5. The van der Waals surface area contributed by atoms with Gasteiger partial charge in [0.15, 0.2) is 0 Å². The maximum atomic E-state index is 12.5. The molecule has 4 N–H and O–H groups in total. The number of carbonyl (C=O) groups is 1. The van der Waals surface area contributed by atoms with E-state index in [4.69, 9.17) is 0 Å². The summed E-state index contributed by atoms with van der Waals surface area (Å²) in [5.41, 5.74) is -1.29. The van der Waals surface area contributed by atoms with Gasteiger partial charge in [-0.2, -0.15) is 0 Å². The van der Waals surface area contributed by atoms with Gasteiger partial charge < -0.3 is 20.8 Å². The van der Waals surface area contributed by atoms with E-state index in [0.29, 0.717) is 13.0 Å². The van der Waals surface area contributed by atoms with Crippen molar-refractivity contribution in [3.63, 3.8) is 0 Å². The highest BCUT2D eigenvalue weighted by Crippen LogP contribution is 2.31. The average Bonchev–Trinajstić information content (AvgIpc) is 2.45. The summed E-state index contributed by atoms with van der Waals surface area (Å²) in [7, 11) is 0. The summed E-state index contributed by atoms with van der Waals surface area (Å²) in [5, 5.41) is 24.9. The van der Waals surface area contributed by atoms with E-state index < -0.39 is 11.0 Å². The Labute approximate surface area is 109 Å². The lowest BCUT2D eigenvalue weighted by atomic mass is 9.76. The van der Waals surface area contributed by atoms with Gasteiger partial charge in [-0.1, -0.05) is 13.8 Å². The van der Waals surface area contributed by atoms with Crippen LogP contribution in [0, 0.1) is 5.41 Å². The van der Waals surface area contributed by atoms with E-state index in [-0.39, 0.29) is 19.1 Å². The van der Waals surface area contributed by atoms with Crippen LogP contribution in [0.4, 0.5) is 0 Å². The Hall–Kier alpha value is -0.650. The molecule has 1 aliphatic rings. The number of hydrogen-bond acceptors (Lipinski definition) is 4. The average molecular weight is 258 g/mol. The van der Waals surface area contributed by atoms with E-state index >= 15 is 0 Å². The molecule has 1 heterocycles. The number of nitrogens with one attached hydrogen (secondary N) is 2. The van der Waals surface area contributed by atoms with E-state index in [0.717, 1.165) is 25.8 Å². The highest BCUT2D eigenvalue weighted by Gasteiger charge is 2.41. The molecule has 106 valence electrons. The van der Waals surface area contributed by atoms with Gasteiger partial charge in [-0.15, -0.1) is 0 Å². The molecule has 0 radical (unpaired) electrons. The first kappa shape index (κ1) is 15.4. The molecule has 5 nitrogen and oxygen atoms in total. The molecule has 1 atom stereocenters. The summed E-state index contributed by atoms with van der Waals surface area (Å²) in [6.45, 7) is 5.01. The first-order chi connectivity index (χ1) is 8.58. The quantitative estimate of drug-likeness (QED) is 0.541. The minimum absolute atomic E-state index is 0.0536. The molecule has 1 aliphatic heterocycles. The van der Waals surface area contributed by atoms with Gasteiger partial charge in [-0.3, -0.25) is 4.79 Å². The van der Waals surface area contributed by atoms with Crippen LogP contribution in [0.3, 0.4) is 0 Å². The second-order valence-electron chi connectivity index (χ2n) is 5.32. The van der Waals surface area contributed by atoms with E-state index in [1.807, 2.05) is 13.8 Å². The fourth-order valence-corrected chi connectivity index (χ4v) is 2.44. The van der Waals surface area contributed by atoms with Crippen LogP contribution in [-0.4, -0.2) is 48.0 Å². The third kappa shape index (κ3) is 3.02. The molecule has 0 spiro atoms. The molecule has 18 heavy (non-hydrogen) atoms. The van der Waals surface area contributed by atoms with Gasteiger partial charge in [0, 0.05) is 6.54 Å². The monoisotopic (exact) mass is 258 g/mol. The first-order valence-electron chi connectivity index (χ1n) is 6.83. The lowest BCUT2D eigenvalue weighted by Crippen LogP contribution is -2.60. The molecule has 1 fully saturated rings. The number of amides is 1. The highest BCUT2D eigenvalue weighted by molar-refractivity contribution is 5.83. The zero-order valence-electron chi connectivity index (χ0n) is 11.5. The Morgan fingerprint density at radius 3 is 2.44 bits per heavy atom. The van der Waals surface area contributed by atoms with Crippen molar-refractivity contribution >= 4 is 5.91 Å². The van der Waals surface area contributed by atoms with Crippen LogP contribution in [0.1, 0.15) is 39.5 Å². The fourth-order valence-electron chi connectivity index (χ4n) is 2.44. The zero-order chi connectivity index (χ0) is 13.6.